The largest absolute Gasteiger partial charge is 0.465 e. The summed E-state index contributed by atoms with van der Waals surface area (Å²) in [5.41, 5.74) is 0. The average Bonchev–Trinajstić information content (AvgIpc) is 1.67. The van der Waals surface area contributed by atoms with Gasteiger partial charge in [0.25, 0.3) is 0 Å². The molecule has 0 bridgehead atoms. The van der Waals surface area contributed by atoms with Gasteiger partial charge >= 0.3 is 5.97 Å². The van der Waals surface area contributed by atoms with E-state index < -0.39 is 0 Å². The van der Waals surface area contributed by atoms with Gasteiger partial charge in [-0.25, -0.2) is 0 Å². The van der Waals surface area contributed by atoms with Crippen LogP contribution in [0.4, 0.5) is 0 Å². The number of rotatable bonds is 2. The third-order valence-electron chi connectivity index (χ3n) is 0.611. The molecule has 48 valence electrons. The van der Waals surface area contributed by atoms with Crippen LogP contribution in [0, 0.1) is 0 Å². The van der Waals surface area contributed by atoms with E-state index >= 15 is 0 Å². The zero-order valence-electron chi connectivity index (χ0n) is 4.98. The lowest BCUT2D eigenvalue weighted by molar-refractivity contribution is -0.141. The molecule has 0 aliphatic rings. The monoisotopic (exact) mass is 228 g/mol. The van der Waals surface area contributed by atoms with Crippen molar-refractivity contribution in [1.82, 2.24) is 0 Å². The van der Waals surface area contributed by atoms with Gasteiger partial charge in [0.15, 0.2) is 0 Å². The lowest BCUT2D eigenvalue weighted by Crippen LogP contribution is -2.12. The summed E-state index contributed by atoms with van der Waals surface area (Å²) >= 11 is 2.02. The van der Waals surface area contributed by atoms with Gasteiger partial charge in [0.1, 0.15) is 3.92 Å². The van der Waals surface area contributed by atoms with Gasteiger partial charge in [-0.3, -0.25) is 4.79 Å². The van der Waals surface area contributed by atoms with Gasteiger partial charge in [-0.1, -0.05) is 22.6 Å². The predicted molar refractivity (Wildman–Crippen MR) is 40.1 cm³/mol. The molecule has 0 aliphatic heterocycles. The van der Waals surface area contributed by atoms with Crippen LogP contribution in [-0.4, -0.2) is 16.5 Å². The Morgan fingerprint density at radius 1 is 1.88 bits per heavy atom. The average molecular weight is 228 g/mol. The highest BCUT2D eigenvalue weighted by atomic mass is 127. The van der Waals surface area contributed by atoms with E-state index in [1.54, 1.807) is 13.8 Å². The van der Waals surface area contributed by atoms with Crippen molar-refractivity contribution in [2.24, 2.45) is 0 Å². The van der Waals surface area contributed by atoms with Crippen molar-refractivity contribution in [3.8, 4) is 0 Å². The van der Waals surface area contributed by atoms with Crippen molar-refractivity contribution in [3.05, 3.63) is 0 Å². The third-order valence-corrected chi connectivity index (χ3v) is 1.12. The maximum Gasteiger partial charge on any atom is 0.318 e. The first-order valence-corrected chi connectivity index (χ1v) is 3.73. The fourth-order valence-corrected chi connectivity index (χ4v) is 0.437. The Bertz CT molecular complexity index is 80.5. The lowest BCUT2D eigenvalue weighted by Gasteiger charge is -2.00. The number of hydrogen-bond acceptors (Lipinski definition) is 2. The van der Waals surface area contributed by atoms with Gasteiger partial charge in [-0.05, 0) is 13.8 Å². The van der Waals surface area contributed by atoms with Crippen LogP contribution in [0.25, 0.3) is 0 Å². The summed E-state index contributed by atoms with van der Waals surface area (Å²) in [7, 11) is 0. The van der Waals surface area contributed by atoms with E-state index in [9.17, 15) is 4.79 Å². The fraction of sp³-hybridized carbons (Fsp3) is 0.800. The van der Waals surface area contributed by atoms with Crippen LogP contribution in [0.2, 0.25) is 0 Å². The Balaban J connectivity index is 3.33. The minimum Gasteiger partial charge on any atom is -0.465 e. The van der Waals surface area contributed by atoms with Crippen molar-refractivity contribution in [2.45, 2.75) is 17.8 Å². The third kappa shape index (κ3) is 3.23. The smallest absolute Gasteiger partial charge is 0.318 e. The zero-order valence-corrected chi connectivity index (χ0v) is 7.14. The molecule has 3 heteroatoms. The summed E-state index contributed by atoms with van der Waals surface area (Å²) in [5, 5.41) is 0. The van der Waals surface area contributed by atoms with Crippen LogP contribution in [-0.2, 0) is 9.53 Å². The van der Waals surface area contributed by atoms with Crippen LogP contribution < -0.4 is 0 Å². The molecule has 0 amide bonds. The van der Waals surface area contributed by atoms with Crippen molar-refractivity contribution in [3.63, 3.8) is 0 Å². The van der Waals surface area contributed by atoms with Crippen LogP contribution in [0.1, 0.15) is 13.8 Å². The maximum atomic E-state index is 10.5. The number of hydrogen-bond donors (Lipinski definition) is 0. The number of halogens is 1. The number of ether oxygens (including phenoxy) is 1. The Hall–Kier alpha value is 0.200. The molecule has 0 aromatic carbocycles. The van der Waals surface area contributed by atoms with E-state index in [2.05, 4.69) is 4.74 Å². The summed E-state index contributed by atoms with van der Waals surface area (Å²) in [6.45, 7) is 4.08. The second-order valence-electron chi connectivity index (χ2n) is 1.37. The predicted octanol–water partition coefficient (Wildman–Crippen LogP) is 1.37. The Morgan fingerprint density at radius 3 is 2.50 bits per heavy atom. The number of carbonyl (C=O) groups is 1. The molecular formula is C5H9IO2. The fourth-order valence-electron chi connectivity index (χ4n) is 0.257. The highest BCUT2D eigenvalue weighted by Gasteiger charge is 2.06. The zero-order chi connectivity index (χ0) is 6.57. The van der Waals surface area contributed by atoms with Gasteiger partial charge in [-0.15, -0.1) is 0 Å². The summed E-state index contributed by atoms with van der Waals surface area (Å²) < 4.78 is 4.64. The number of esters is 1. The summed E-state index contributed by atoms with van der Waals surface area (Å²) in [6.07, 6.45) is 0. The molecule has 0 aromatic heterocycles. The number of alkyl halides is 1. The van der Waals surface area contributed by atoms with Gasteiger partial charge in [0, 0.05) is 0 Å². The summed E-state index contributed by atoms with van der Waals surface area (Å²) in [5.74, 6) is -0.131. The maximum absolute atomic E-state index is 10.5. The van der Waals surface area contributed by atoms with Gasteiger partial charge in [0.05, 0.1) is 6.61 Å². The van der Waals surface area contributed by atoms with Crippen LogP contribution in [0.15, 0.2) is 0 Å². The first-order valence-electron chi connectivity index (χ1n) is 2.49. The van der Waals surface area contributed by atoms with Crippen molar-refractivity contribution in [1.29, 1.82) is 0 Å². The molecular weight excluding hydrogens is 219 g/mol. The Morgan fingerprint density at radius 2 is 2.38 bits per heavy atom. The molecule has 0 radical (unpaired) electrons. The molecule has 0 rings (SSSR count). The quantitative estimate of drug-likeness (QED) is 0.405. The van der Waals surface area contributed by atoms with E-state index in [4.69, 9.17) is 0 Å². The minimum absolute atomic E-state index is 0.0208. The van der Waals surface area contributed by atoms with Crippen LogP contribution >= 0.6 is 22.6 Å². The van der Waals surface area contributed by atoms with Gasteiger partial charge < -0.3 is 4.74 Å². The normalized spacial score (nSPS) is 12.9. The van der Waals surface area contributed by atoms with Gasteiger partial charge in [0.2, 0.25) is 0 Å². The standard InChI is InChI=1S/C5H9IO2/c1-3-8-5(7)4(2)6/h4H,3H2,1-2H3/t4-/m0/s1. The second kappa shape index (κ2) is 4.12. The molecule has 0 spiro atoms. The molecule has 0 saturated heterocycles. The minimum atomic E-state index is -0.131. The van der Waals surface area contributed by atoms with E-state index in [0.717, 1.165) is 0 Å². The topological polar surface area (TPSA) is 26.3 Å². The first-order chi connectivity index (χ1) is 3.68. The molecule has 0 N–H and O–H groups in total. The lowest BCUT2D eigenvalue weighted by atomic mass is 10.5. The first kappa shape index (κ1) is 8.20. The molecule has 0 fully saturated rings. The van der Waals surface area contributed by atoms with E-state index in [1.165, 1.54) is 0 Å². The van der Waals surface area contributed by atoms with Gasteiger partial charge in [-0.2, -0.15) is 0 Å². The molecule has 1 atom stereocenters. The van der Waals surface area contributed by atoms with Crippen molar-refractivity contribution >= 4 is 28.6 Å². The highest BCUT2D eigenvalue weighted by molar-refractivity contribution is 14.1. The molecule has 0 aromatic rings. The Labute approximate surface area is 62.7 Å². The summed E-state index contributed by atoms with van der Waals surface area (Å²) in [4.78, 5) is 10.5. The molecule has 8 heavy (non-hydrogen) atoms. The molecule has 0 aliphatic carbocycles. The molecule has 0 heterocycles. The molecule has 2 nitrogen and oxygen atoms in total. The van der Waals surface area contributed by atoms with Crippen molar-refractivity contribution < 1.29 is 9.53 Å². The van der Waals surface area contributed by atoms with E-state index in [-0.39, 0.29) is 9.89 Å². The summed E-state index contributed by atoms with van der Waals surface area (Å²) in [6, 6.07) is 0. The Kier molecular flexibility index (Phi) is 4.22. The molecule has 0 saturated carbocycles. The number of carbonyl (C=O) groups excluding carboxylic acids is 1. The van der Waals surface area contributed by atoms with E-state index in [1.807, 2.05) is 22.6 Å². The molecule has 0 unspecified atom stereocenters. The highest BCUT2D eigenvalue weighted by Crippen LogP contribution is 1.99. The van der Waals surface area contributed by atoms with Crippen molar-refractivity contribution in [2.75, 3.05) is 6.61 Å². The van der Waals surface area contributed by atoms with Crippen LogP contribution in [0.3, 0.4) is 0 Å². The second-order valence-corrected chi connectivity index (χ2v) is 3.24. The SMILES string of the molecule is CCOC(=O)[C@H](C)I. The van der Waals surface area contributed by atoms with Crippen LogP contribution in [0.5, 0.6) is 0 Å². The van der Waals surface area contributed by atoms with E-state index in [0.29, 0.717) is 6.61 Å².